The molecule has 0 spiro atoms. The Balaban J connectivity index is 0.994. The van der Waals surface area contributed by atoms with Gasteiger partial charge in [0.05, 0.1) is 28.0 Å². The van der Waals surface area contributed by atoms with Gasteiger partial charge >= 0.3 is 0 Å². The maximum Gasteiger partial charge on any atom is 0.268 e. The number of amides is 1. The summed E-state index contributed by atoms with van der Waals surface area (Å²) in [6, 6.07) is 21.8. The molecule has 4 heterocycles. The number of halogens is 1. The van der Waals surface area contributed by atoms with Crippen LogP contribution < -0.4 is 25.4 Å². The zero-order valence-electron chi connectivity index (χ0n) is 34.5. The van der Waals surface area contributed by atoms with Crippen molar-refractivity contribution in [2.24, 2.45) is 11.3 Å². The third-order valence-electron chi connectivity index (χ3n) is 12.0. The number of benzene rings is 3. The molecule has 2 saturated heterocycles. The van der Waals surface area contributed by atoms with Crippen LogP contribution in [-0.4, -0.2) is 81.7 Å². The molecule has 3 aromatic carbocycles. The maximum atomic E-state index is 13.9. The first-order valence-electron chi connectivity index (χ1n) is 20.8. The van der Waals surface area contributed by atoms with Crippen LogP contribution in [0.15, 0.2) is 89.5 Å². The molecule has 60 heavy (non-hydrogen) atoms. The van der Waals surface area contributed by atoms with E-state index in [1.807, 2.05) is 43.3 Å². The molecule has 1 amide bonds. The fourth-order valence-electron chi connectivity index (χ4n) is 8.50. The number of carbonyl (C=O) groups is 1. The Morgan fingerprint density at radius 3 is 2.53 bits per heavy atom. The highest BCUT2D eigenvalue weighted by Gasteiger charge is 2.30. The summed E-state index contributed by atoms with van der Waals surface area (Å²) in [6.45, 7) is 13.0. The maximum absolute atomic E-state index is 13.9. The van der Waals surface area contributed by atoms with Crippen LogP contribution in [0, 0.1) is 18.3 Å². The summed E-state index contributed by atoms with van der Waals surface area (Å²) in [4.78, 5) is 26.3. The first-order chi connectivity index (χ1) is 28.8. The van der Waals surface area contributed by atoms with Crippen LogP contribution in [0.5, 0.6) is 11.5 Å². The molecular weight excluding hydrogens is 798 g/mol. The van der Waals surface area contributed by atoms with Crippen LogP contribution >= 0.6 is 11.6 Å². The molecule has 8 rings (SSSR count). The summed E-state index contributed by atoms with van der Waals surface area (Å²) in [7, 11) is -4.30. The number of carbonyl (C=O) groups excluding carboxylic acids is 1. The summed E-state index contributed by atoms with van der Waals surface area (Å²) in [5.74, 6) is 0.252. The second-order valence-electron chi connectivity index (χ2n) is 17.2. The molecule has 2 aromatic heterocycles. The lowest BCUT2D eigenvalue weighted by Gasteiger charge is -2.39. The molecule has 0 saturated carbocycles. The highest BCUT2D eigenvalue weighted by Crippen LogP contribution is 2.43. The van der Waals surface area contributed by atoms with Crippen molar-refractivity contribution in [2.45, 2.75) is 57.8 Å². The molecule has 0 unspecified atom stereocenters. The van der Waals surface area contributed by atoms with Crippen LogP contribution in [0.25, 0.3) is 16.6 Å². The molecule has 12 nitrogen and oxygen atoms in total. The number of hydrogen-bond donors (Lipinski definition) is 4. The van der Waals surface area contributed by atoms with Crippen molar-refractivity contribution in [2.75, 3.05) is 68.4 Å². The van der Waals surface area contributed by atoms with Gasteiger partial charge in [-0.25, -0.2) is 18.1 Å². The predicted octanol–water partition coefficient (Wildman–Crippen LogP) is 8.64. The Bertz CT molecular complexity index is 2510. The van der Waals surface area contributed by atoms with Crippen molar-refractivity contribution in [1.82, 2.24) is 19.6 Å². The Morgan fingerprint density at radius 2 is 1.78 bits per heavy atom. The van der Waals surface area contributed by atoms with Crippen LogP contribution in [0.4, 0.5) is 17.1 Å². The number of anilines is 3. The second kappa shape index (κ2) is 17.5. The van der Waals surface area contributed by atoms with E-state index in [1.165, 1.54) is 28.8 Å². The van der Waals surface area contributed by atoms with Gasteiger partial charge in [-0.15, -0.1) is 0 Å². The topological polar surface area (TPSA) is 155 Å². The Labute approximate surface area is 357 Å². The van der Waals surface area contributed by atoms with E-state index in [4.69, 9.17) is 26.8 Å². The predicted molar refractivity (Wildman–Crippen MR) is 240 cm³/mol. The highest BCUT2D eigenvalue weighted by molar-refractivity contribution is 7.90. The number of nitrogens with two attached hydrogens (primary N) is 1. The lowest BCUT2D eigenvalue weighted by Crippen LogP contribution is -2.47. The number of aromatic nitrogens is 2. The number of allylic oxidation sites excluding steroid dienone is 1. The van der Waals surface area contributed by atoms with Gasteiger partial charge in [0, 0.05) is 80.3 Å². The third kappa shape index (κ3) is 9.76. The Morgan fingerprint density at radius 1 is 1.02 bits per heavy atom. The number of nitrogens with zero attached hydrogens (tertiary/aromatic N) is 3. The fraction of sp³-hybridized carbons (Fsp3) is 0.391. The number of fused-ring (bicyclic) bond motifs is 1. The molecule has 0 bridgehead atoms. The van der Waals surface area contributed by atoms with Gasteiger partial charge in [0.2, 0.25) is 0 Å². The molecular formula is C46H54ClN7O5S. The standard InChI is InChI=1S/C46H54ClN7O5S/c1-30-22-34-23-37(28-50-44(34)51-30)59-43-24-36(54-18-16-53(17-19-54)29-33-12-15-46(2,3)26-40(33)32-4-6-35(47)7-5-32)8-10-39(43)45(55)52-60(56,57)38-9-11-42(41(48)25-38)49-27-31-13-20-58-21-14-31/h4-11,22-25,28,31,49H,12-21,26-27,29,48H2,1-3H3,(H,50,51)(H,52,55). The van der Waals surface area contributed by atoms with E-state index in [-0.39, 0.29) is 27.3 Å². The normalized spacial score (nSPS) is 17.8. The van der Waals surface area contributed by atoms with E-state index in [0.29, 0.717) is 29.5 Å². The summed E-state index contributed by atoms with van der Waals surface area (Å²) >= 11 is 6.25. The van der Waals surface area contributed by atoms with E-state index in [2.05, 4.69) is 55.8 Å². The minimum Gasteiger partial charge on any atom is -0.455 e. The number of aromatic amines is 1. The minimum atomic E-state index is -4.30. The van der Waals surface area contributed by atoms with E-state index in [1.54, 1.807) is 18.3 Å². The van der Waals surface area contributed by atoms with E-state index >= 15 is 0 Å². The van der Waals surface area contributed by atoms with Crippen LogP contribution in [0.1, 0.15) is 67.6 Å². The van der Waals surface area contributed by atoms with E-state index < -0.39 is 15.9 Å². The lowest BCUT2D eigenvalue weighted by atomic mass is 9.72. The number of aryl methyl sites for hydroxylation is 1. The molecule has 0 atom stereocenters. The Hall–Kier alpha value is -5.08. The summed E-state index contributed by atoms with van der Waals surface area (Å²) in [5, 5.41) is 4.93. The number of nitrogens with one attached hydrogen (secondary N) is 3. The molecule has 2 aliphatic heterocycles. The smallest absolute Gasteiger partial charge is 0.268 e. The number of nitrogen functional groups attached to an aromatic ring is 1. The van der Waals surface area contributed by atoms with Crippen molar-refractivity contribution < 1.29 is 22.7 Å². The van der Waals surface area contributed by atoms with Gasteiger partial charge in [-0.1, -0.05) is 43.2 Å². The zero-order valence-corrected chi connectivity index (χ0v) is 36.1. The van der Waals surface area contributed by atoms with Gasteiger partial charge in [-0.3, -0.25) is 9.69 Å². The molecule has 0 radical (unpaired) electrons. The molecule has 2 fully saturated rings. The van der Waals surface area contributed by atoms with E-state index in [9.17, 15) is 13.2 Å². The summed E-state index contributed by atoms with van der Waals surface area (Å²) < 4.78 is 41.4. The average Bonchev–Trinajstić information content (AvgIpc) is 3.61. The van der Waals surface area contributed by atoms with Gasteiger partial charge in [0.15, 0.2) is 0 Å². The SMILES string of the molecule is Cc1cc2cc(Oc3cc(N4CCN(CC5=C(c6ccc(Cl)cc6)CC(C)(C)CC5)CC4)ccc3C(=O)NS(=O)(=O)c3ccc(NCC4CCOCC4)c(N)c3)cnc2[nH]1. The molecule has 3 aliphatic rings. The minimum absolute atomic E-state index is 0.0657. The molecule has 1 aliphatic carbocycles. The molecule has 5 N–H and O–H groups in total. The fourth-order valence-corrected chi connectivity index (χ4v) is 9.63. The number of rotatable bonds is 12. The zero-order chi connectivity index (χ0) is 42.0. The number of H-pyrrole nitrogens is 1. The molecule has 14 heteroatoms. The van der Waals surface area contributed by atoms with Crippen molar-refractivity contribution >= 4 is 61.2 Å². The highest BCUT2D eigenvalue weighted by atomic mass is 35.5. The average molecular weight is 853 g/mol. The van der Waals surface area contributed by atoms with Crippen LogP contribution in [0.3, 0.4) is 0 Å². The number of hydrogen-bond acceptors (Lipinski definition) is 10. The van der Waals surface area contributed by atoms with Gasteiger partial charge in [0.1, 0.15) is 17.1 Å². The monoisotopic (exact) mass is 851 g/mol. The summed E-state index contributed by atoms with van der Waals surface area (Å²) in [6.07, 6.45) is 6.76. The van der Waals surface area contributed by atoms with Crippen molar-refractivity contribution in [1.29, 1.82) is 0 Å². The first-order valence-corrected chi connectivity index (χ1v) is 22.6. The van der Waals surface area contributed by atoms with Crippen molar-refractivity contribution in [3.8, 4) is 11.5 Å². The quantitative estimate of drug-likeness (QED) is 0.0897. The number of sulfonamides is 1. The Kier molecular flexibility index (Phi) is 12.1. The number of ether oxygens (including phenoxy) is 2. The first kappa shape index (κ1) is 41.6. The van der Waals surface area contributed by atoms with Crippen LogP contribution in [-0.2, 0) is 14.8 Å². The summed E-state index contributed by atoms with van der Waals surface area (Å²) in [5.41, 5.74) is 14.2. The lowest BCUT2D eigenvalue weighted by molar-refractivity contribution is 0.0699. The van der Waals surface area contributed by atoms with Gasteiger partial charge in [-0.2, -0.15) is 0 Å². The van der Waals surface area contributed by atoms with Crippen molar-refractivity contribution in [3.05, 3.63) is 106 Å². The second-order valence-corrected chi connectivity index (χ2v) is 19.3. The largest absolute Gasteiger partial charge is 0.455 e. The number of pyridine rings is 1. The van der Waals surface area contributed by atoms with Gasteiger partial charge in [0.25, 0.3) is 15.9 Å². The van der Waals surface area contributed by atoms with E-state index in [0.717, 1.165) is 99.8 Å². The third-order valence-corrected chi connectivity index (χ3v) is 13.6. The van der Waals surface area contributed by atoms with Crippen molar-refractivity contribution in [3.63, 3.8) is 0 Å². The number of piperazine rings is 1. The van der Waals surface area contributed by atoms with Gasteiger partial charge in [-0.05, 0) is 116 Å². The molecule has 5 aromatic rings. The van der Waals surface area contributed by atoms with Crippen LogP contribution in [0.2, 0.25) is 5.02 Å². The molecule has 316 valence electrons. The van der Waals surface area contributed by atoms with Gasteiger partial charge < -0.3 is 30.4 Å².